The summed E-state index contributed by atoms with van der Waals surface area (Å²) in [5.74, 6) is 0.467. The molecule has 1 aromatic carbocycles. The fourth-order valence-electron chi connectivity index (χ4n) is 1.98. The number of methoxy groups -OCH3 is 1. The topological polar surface area (TPSA) is 38.3 Å². The molecule has 1 fully saturated rings. The zero-order valence-electron chi connectivity index (χ0n) is 9.78. The smallest absolute Gasteiger partial charge is 0.246 e. The maximum Gasteiger partial charge on any atom is 0.246 e. The van der Waals surface area contributed by atoms with Crippen molar-refractivity contribution in [3.05, 3.63) is 34.9 Å². The molecule has 0 heterocycles. The molecule has 0 radical (unpaired) electrons. The van der Waals surface area contributed by atoms with Gasteiger partial charge in [0.15, 0.2) is 0 Å². The van der Waals surface area contributed by atoms with E-state index in [1.54, 1.807) is 0 Å². The van der Waals surface area contributed by atoms with Gasteiger partial charge in [0, 0.05) is 18.2 Å². The molecule has 1 aliphatic carbocycles. The molecule has 3 nitrogen and oxygen atoms in total. The minimum Gasteiger partial charge on any atom is -0.375 e. The first-order valence-electron chi connectivity index (χ1n) is 5.72. The normalized spacial score (nSPS) is 22.2. The van der Waals surface area contributed by atoms with Crippen molar-refractivity contribution in [1.29, 1.82) is 0 Å². The van der Waals surface area contributed by atoms with Gasteiger partial charge in [-0.15, -0.1) is 0 Å². The lowest BCUT2D eigenvalue weighted by molar-refractivity contribution is -0.124. The largest absolute Gasteiger partial charge is 0.375 e. The molecular formula is C13H16ClNO2. The first-order chi connectivity index (χ1) is 8.20. The molecule has 0 spiro atoms. The number of hydrogen-bond donors (Lipinski definition) is 1. The lowest BCUT2D eigenvalue weighted by atomic mass is 10.1. The van der Waals surface area contributed by atoms with Gasteiger partial charge in [0.25, 0.3) is 0 Å². The number of hydrogen-bond acceptors (Lipinski definition) is 2. The molecule has 17 heavy (non-hydrogen) atoms. The van der Waals surface area contributed by atoms with Crippen molar-refractivity contribution in [2.24, 2.45) is 5.92 Å². The summed E-state index contributed by atoms with van der Waals surface area (Å²) >= 11 is 6.09. The molecule has 1 amide bonds. The van der Waals surface area contributed by atoms with E-state index in [4.69, 9.17) is 16.3 Å². The Labute approximate surface area is 106 Å². The van der Waals surface area contributed by atoms with Gasteiger partial charge in [0.05, 0.1) is 0 Å². The van der Waals surface area contributed by atoms with Gasteiger partial charge in [0.1, 0.15) is 6.61 Å². The van der Waals surface area contributed by atoms with E-state index in [-0.39, 0.29) is 18.6 Å². The Bertz CT molecular complexity index is 408. The number of amides is 1. The number of rotatable bonds is 5. The van der Waals surface area contributed by atoms with Crippen LogP contribution in [0.3, 0.4) is 0 Å². The number of nitrogens with one attached hydrogen (secondary N) is 1. The molecule has 0 aliphatic heterocycles. The van der Waals surface area contributed by atoms with Crippen molar-refractivity contribution in [1.82, 2.24) is 5.32 Å². The maximum atomic E-state index is 11.3. The van der Waals surface area contributed by atoms with E-state index in [0.717, 1.165) is 23.4 Å². The fraction of sp³-hybridized carbons (Fsp3) is 0.462. The molecule has 1 saturated carbocycles. The summed E-state index contributed by atoms with van der Waals surface area (Å²) < 4.78 is 4.77. The number of benzene rings is 1. The van der Waals surface area contributed by atoms with E-state index < -0.39 is 0 Å². The molecule has 2 atom stereocenters. The van der Waals surface area contributed by atoms with Crippen LogP contribution in [0.15, 0.2) is 24.3 Å². The number of halogens is 1. The summed E-state index contributed by atoms with van der Waals surface area (Å²) in [6.45, 7) is 0.134. The number of carbonyl (C=O) groups is 1. The molecule has 2 rings (SSSR count). The van der Waals surface area contributed by atoms with Gasteiger partial charge in [0.2, 0.25) is 5.91 Å². The summed E-state index contributed by atoms with van der Waals surface area (Å²) in [6, 6.07) is 8.14. The zero-order chi connectivity index (χ0) is 12.3. The van der Waals surface area contributed by atoms with Crippen molar-refractivity contribution >= 4 is 17.5 Å². The monoisotopic (exact) mass is 253 g/mol. The number of carbonyl (C=O) groups excluding carboxylic acids is 1. The minimum atomic E-state index is -0.0424. The second kappa shape index (κ2) is 5.52. The third-order valence-electron chi connectivity index (χ3n) is 2.98. The van der Waals surface area contributed by atoms with Gasteiger partial charge in [-0.2, -0.15) is 0 Å². The molecule has 92 valence electrons. The van der Waals surface area contributed by atoms with Gasteiger partial charge < -0.3 is 10.1 Å². The van der Waals surface area contributed by atoms with Gasteiger partial charge in [-0.3, -0.25) is 4.79 Å². The molecule has 0 saturated heterocycles. The van der Waals surface area contributed by atoms with Crippen LogP contribution in [0.5, 0.6) is 0 Å². The Morgan fingerprint density at radius 1 is 1.53 bits per heavy atom. The quantitative estimate of drug-likeness (QED) is 0.872. The maximum absolute atomic E-state index is 11.3. The van der Waals surface area contributed by atoms with Crippen LogP contribution in [0.25, 0.3) is 0 Å². The highest BCUT2D eigenvalue weighted by Gasteiger charge is 2.38. The van der Waals surface area contributed by atoms with Crippen LogP contribution in [0.1, 0.15) is 12.0 Å². The third kappa shape index (κ3) is 3.45. The van der Waals surface area contributed by atoms with E-state index in [1.807, 2.05) is 24.3 Å². The van der Waals surface area contributed by atoms with E-state index in [1.165, 1.54) is 7.11 Å². The summed E-state index contributed by atoms with van der Waals surface area (Å²) in [4.78, 5) is 11.3. The molecule has 4 heteroatoms. The highest BCUT2D eigenvalue weighted by molar-refractivity contribution is 6.31. The van der Waals surface area contributed by atoms with Crippen molar-refractivity contribution in [3.63, 3.8) is 0 Å². The summed E-state index contributed by atoms with van der Waals surface area (Å²) in [5.41, 5.74) is 1.16. The molecule has 0 bridgehead atoms. The first-order valence-corrected chi connectivity index (χ1v) is 6.10. The Morgan fingerprint density at radius 3 is 3.00 bits per heavy atom. The standard InChI is InChI=1S/C13H16ClNO2/c1-17-8-13(16)15-12-7-10(12)6-9-4-2-3-5-11(9)14/h2-5,10,12H,6-8H2,1H3,(H,15,16)/t10-,12-/m0/s1. The van der Waals surface area contributed by atoms with Crippen molar-refractivity contribution < 1.29 is 9.53 Å². The first kappa shape index (κ1) is 12.4. The number of ether oxygens (including phenoxy) is 1. The molecular weight excluding hydrogens is 238 g/mol. The summed E-state index contributed by atoms with van der Waals surface area (Å²) in [5, 5.41) is 3.74. The molecule has 1 aliphatic rings. The van der Waals surface area contributed by atoms with E-state index in [2.05, 4.69) is 5.32 Å². The third-order valence-corrected chi connectivity index (χ3v) is 3.35. The molecule has 1 aromatic rings. The Kier molecular flexibility index (Phi) is 4.02. The lowest BCUT2D eigenvalue weighted by Gasteiger charge is -2.05. The van der Waals surface area contributed by atoms with E-state index in [9.17, 15) is 4.79 Å². The molecule has 1 N–H and O–H groups in total. The summed E-state index contributed by atoms with van der Waals surface area (Å²) in [6.07, 6.45) is 1.96. The highest BCUT2D eigenvalue weighted by Crippen LogP contribution is 2.35. The second-order valence-corrected chi connectivity index (χ2v) is 4.81. The molecule has 0 aromatic heterocycles. The zero-order valence-corrected chi connectivity index (χ0v) is 10.5. The molecule has 0 unspecified atom stereocenters. The fourth-order valence-corrected chi connectivity index (χ4v) is 2.19. The Balaban J connectivity index is 1.80. The van der Waals surface area contributed by atoms with Crippen molar-refractivity contribution in [2.45, 2.75) is 18.9 Å². The van der Waals surface area contributed by atoms with E-state index in [0.29, 0.717) is 5.92 Å². The Morgan fingerprint density at radius 2 is 2.29 bits per heavy atom. The van der Waals surface area contributed by atoms with Crippen LogP contribution in [-0.4, -0.2) is 25.7 Å². The van der Waals surface area contributed by atoms with Crippen molar-refractivity contribution in [3.8, 4) is 0 Å². The van der Waals surface area contributed by atoms with Gasteiger partial charge in [-0.1, -0.05) is 29.8 Å². The van der Waals surface area contributed by atoms with E-state index >= 15 is 0 Å². The van der Waals surface area contributed by atoms with Crippen LogP contribution >= 0.6 is 11.6 Å². The summed E-state index contributed by atoms with van der Waals surface area (Å²) in [7, 11) is 1.52. The highest BCUT2D eigenvalue weighted by atomic mass is 35.5. The van der Waals surface area contributed by atoms with Gasteiger partial charge in [-0.25, -0.2) is 0 Å². The van der Waals surface area contributed by atoms with Crippen LogP contribution < -0.4 is 5.32 Å². The van der Waals surface area contributed by atoms with Crippen LogP contribution in [0, 0.1) is 5.92 Å². The average molecular weight is 254 g/mol. The van der Waals surface area contributed by atoms with Gasteiger partial charge in [-0.05, 0) is 30.4 Å². The van der Waals surface area contributed by atoms with Crippen molar-refractivity contribution in [2.75, 3.05) is 13.7 Å². The lowest BCUT2D eigenvalue weighted by Crippen LogP contribution is -2.30. The Hall–Kier alpha value is -1.06. The average Bonchev–Trinajstić information content (AvgIpc) is 3.00. The second-order valence-electron chi connectivity index (χ2n) is 4.40. The predicted molar refractivity (Wildman–Crippen MR) is 67.1 cm³/mol. The van der Waals surface area contributed by atoms with Gasteiger partial charge >= 0.3 is 0 Å². The van der Waals surface area contributed by atoms with Crippen LogP contribution in [0.2, 0.25) is 5.02 Å². The van der Waals surface area contributed by atoms with Crippen LogP contribution in [-0.2, 0) is 16.0 Å². The minimum absolute atomic E-state index is 0.0424. The van der Waals surface area contributed by atoms with Crippen LogP contribution in [0.4, 0.5) is 0 Å². The SMILES string of the molecule is COCC(=O)N[C@H]1C[C@@H]1Cc1ccccc1Cl. The predicted octanol–water partition coefficient (Wildman–Crippen LogP) is 2.03.